The molecule has 0 N–H and O–H groups in total. The highest BCUT2D eigenvalue weighted by Gasteiger charge is 1.81. The first-order valence-corrected chi connectivity index (χ1v) is 3.07. The van der Waals surface area contributed by atoms with Crippen LogP contribution in [0.5, 0.6) is 0 Å². The van der Waals surface area contributed by atoms with E-state index in [4.69, 9.17) is 11.6 Å². The van der Waals surface area contributed by atoms with Crippen LogP contribution in [-0.4, -0.2) is 0 Å². The average molecular weight is 162 g/mol. The highest BCUT2D eigenvalue weighted by Crippen LogP contribution is 2.00. The number of hydrogen-bond acceptors (Lipinski definition) is 0. The molecule has 9 heavy (non-hydrogen) atoms. The van der Waals surface area contributed by atoms with Crippen molar-refractivity contribution in [1.82, 2.24) is 0 Å². The van der Waals surface area contributed by atoms with Crippen molar-refractivity contribution >= 4 is 11.6 Å². The first-order valence-electron chi connectivity index (χ1n) is 2.53. The van der Waals surface area contributed by atoms with Crippen LogP contribution in [0.25, 0.3) is 0 Å². The van der Waals surface area contributed by atoms with Gasteiger partial charge >= 0.3 is 0 Å². The van der Waals surface area contributed by atoms with Gasteiger partial charge in [0.1, 0.15) is 0 Å². The summed E-state index contributed by atoms with van der Waals surface area (Å²) >= 11 is 5.53. The Balaban J connectivity index is 0.000000640. The minimum Gasteiger partial charge on any atom is -1.00 e. The van der Waals surface area contributed by atoms with Gasteiger partial charge in [-0.25, -0.2) is 0 Å². The summed E-state index contributed by atoms with van der Waals surface area (Å²) in [6.07, 6.45) is 0. The second-order valence-corrected chi connectivity index (χ2v) is 1.89. The van der Waals surface area contributed by atoms with Gasteiger partial charge in [-0.15, -0.1) is 11.6 Å². The Labute approximate surface area is 66.3 Å². The lowest BCUT2D eigenvalue weighted by Gasteiger charge is -1.88. The molecule has 0 atom stereocenters. The van der Waals surface area contributed by atoms with Gasteiger partial charge < -0.3 is 12.4 Å². The molecule has 0 unspecified atom stereocenters. The summed E-state index contributed by atoms with van der Waals surface area (Å²) in [5.41, 5.74) is 1.18. The van der Waals surface area contributed by atoms with E-state index in [1.54, 1.807) is 0 Å². The van der Waals surface area contributed by atoms with Gasteiger partial charge in [0.25, 0.3) is 0 Å². The van der Waals surface area contributed by atoms with Crippen molar-refractivity contribution in [2.45, 2.75) is 5.88 Å². The standard InChI is InChI=1S/C7H7Cl.ClH/c8-6-7-4-2-1-3-5-7;/h1-5H,6H2;1H/p-1. The molecule has 0 bridgehead atoms. The van der Waals surface area contributed by atoms with Crippen molar-refractivity contribution in [3.05, 3.63) is 35.9 Å². The zero-order chi connectivity index (χ0) is 5.82. The van der Waals surface area contributed by atoms with Crippen molar-refractivity contribution in [2.24, 2.45) is 0 Å². The van der Waals surface area contributed by atoms with Gasteiger partial charge in [0.15, 0.2) is 0 Å². The zero-order valence-electron chi connectivity index (χ0n) is 4.85. The lowest BCUT2D eigenvalue weighted by molar-refractivity contribution is -0.00000157. The lowest BCUT2D eigenvalue weighted by Crippen LogP contribution is -3.00. The van der Waals surface area contributed by atoms with E-state index in [-0.39, 0.29) is 12.4 Å². The largest absolute Gasteiger partial charge is 1.00 e. The first-order chi connectivity index (χ1) is 3.93. The van der Waals surface area contributed by atoms with Gasteiger partial charge in [-0.1, -0.05) is 30.3 Å². The number of alkyl halides is 1. The van der Waals surface area contributed by atoms with Crippen LogP contribution in [-0.2, 0) is 5.88 Å². The fourth-order valence-corrected chi connectivity index (χ4v) is 0.745. The van der Waals surface area contributed by atoms with Crippen LogP contribution in [0.3, 0.4) is 0 Å². The summed E-state index contributed by atoms with van der Waals surface area (Å²) in [7, 11) is 0. The maximum Gasteiger partial charge on any atom is 0.0474 e. The molecule has 0 fully saturated rings. The molecule has 1 aromatic carbocycles. The van der Waals surface area contributed by atoms with E-state index in [2.05, 4.69) is 0 Å². The van der Waals surface area contributed by atoms with Gasteiger partial charge in [0, 0.05) is 5.88 Å². The number of rotatable bonds is 1. The highest BCUT2D eigenvalue weighted by molar-refractivity contribution is 6.17. The normalized spacial score (nSPS) is 8.11. The molecule has 0 aliphatic rings. The smallest absolute Gasteiger partial charge is 0.0474 e. The van der Waals surface area contributed by atoms with Gasteiger partial charge in [-0.3, -0.25) is 0 Å². The molecule has 0 aromatic heterocycles. The monoisotopic (exact) mass is 161 g/mol. The van der Waals surface area contributed by atoms with E-state index < -0.39 is 0 Å². The molecule has 2 heteroatoms. The predicted octanol–water partition coefficient (Wildman–Crippen LogP) is -0.571. The minimum absolute atomic E-state index is 0. The Kier molecular flexibility index (Phi) is 4.55. The fourth-order valence-electron chi connectivity index (χ4n) is 0.567. The second-order valence-electron chi connectivity index (χ2n) is 1.62. The van der Waals surface area contributed by atoms with Crippen molar-refractivity contribution in [3.63, 3.8) is 0 Å². The summed E-state index contributed by atoms with van der Waals surface area (Å²) in [6.45, 7) is 0. The summed E-state index contributed by atoms with van der Waals surface area (Å²) in [5.74, 6) is 0.612. The van der Waals surface area contributed by atoms with E-state index >= 15 is 0 Å². The molecular weight excluding hydrogens is 155 g/mol. The molecule has 0 nitrogen and oxygen atoms in total. The highest BCUT2D eigenvalue weighted by atomic mass is 35.5. The maximum atomic E-state index is 5.53. The number of benzene rings is 1. The second kappa shape index (κ2) is 4.66. The van der Waals surface area contributed by atoms with Gasteiger partial charge in [0.2, 0.25) is 0 Å². The third-order valence-electron chi connectivity index (χ3n) is 0.997. The lowest BCUT2D eigenvalue weighted by atomic mass is 10.2. The molecular formula is C7H7Cl2-. The predicted molar refractivity (Wildman–Crippen MR) is 36.0 cm³/mol. The summed E-state index contributed by atoms with van der Waals surface area (Å²) in [5, 5.41) is 0. The number of halogens is 2. The minimum atomic E-state index is 0. The van der Waals surface area contributed by atoms with Crippen molar-refractivity contribution in [2.75, 3.05) is 0 Å². The summed E-state index contributed by atoms with van der Waals surface area (Å²) in [4.78, 5) is 0. The van der Waals surface area contributed by atoms with Crippen LogP contribution < -0.4 is 12.4 Å². The Morgan fingerprint density at radius 1 is 1.11 bits per heavy atom. The van der Waals surface area contributed by atoms with E-state index in [0.717, 1.165) is 0 Å². The molecule has 0 saturated carbocycles. The molecule has 1 rings (SSSR count). The molecule has 0 radical (unpaired) electrons. The van der Waals surface area contributed by atoms with Crippen molar-refractivity contribution < 1.29 is 12.4 Å². The van der Waals surface area contributed by atoms with E-state index in [0.29, 0.717) is 5.88 Å². The molecule has 1 aromatic rings. The Bertz CT molecular complexity index is 148. The van der Waals surface area contributed by atoms with Crippen molar-refractivity contribution in [3.8, 4) is 0 Å². The molecule has 0 spiro atoms. The Morgan fingerprint density at radius 2 is 1.67 bits per heavy atom. The van der Waals surface area contributed by atoms with Crippen molar-refractivity contribution in [1.29, 1.82) is 0 Å². The summed E-state index contributed by atoms with van der Waals surface area (Å²) < 4.78 is 0. The molecule has 0 heterocycles. The maximum absolute atomic E-state index is 5.53. The first kappa shape index (κ1) is 8.80. The molecule has 50 valence electrons. The average Bonchev–Trinajstić information content (AvgIpc) is 1.90. The SMILES string of the molecule is ClCc1ccccc1.[Cl-]. The zero-order valence-corrected chi connectivity index (χ0v) is 6.36. The third kappa shape index (κ3) is 2.73. The van der Waals surface area contributed by atoms with Crippen LogP contribution in [0.15, 0.2) is 30.3 Å². The Hall–Kier alpha value is -0.200. The summed E-state index contributed by atoms with van der Waals surface area (Å²) in [6, 6.07) is 9.96. The van der Waals surface area contributed by atoms with Crippen LogP contribution >= 0.6 is 11.6 Å². The molecule has 0 saturated heterocycles. The van der Waals surface area contributed by atoms with E-state index in [9.17, 15) is 0 Å². The van der Waals surface area contributed by atoms with E-state index in [1.807, 2.05) is 30.3 Å². The molecule has 0 aliphatic carbocycles. The molecule has 0 aliphatic heterocycles. The van der Waals surface area contributed by atoms with Gasteiger partial charge in [-0.05, 0) is 5.56 Å². The van der Waals surface area contributed by atoms with Crippen LogP contribution in [0.4, 0.5) is 0 Å². The number of hydrogen-bond donors (Lipinski definition) is 0. The van der Waals surface area contributed by atoms with Crippen LogP contribution in [0, 0.1) is 0 Å². The van der Waals surface area contributed by atoms with Crippen LogP contribution in [0.2, 0.25) is 0 Å². The quantitative estimate of drug-likeness (QED) is 0.485. The Morgan fingerprint density at radius 3 is 2.00 bits per heavy atom. The van der Waals surface area contributed by atoms with Crippen LogP contribution in [0.1, 0.15) is 5.56 Å². The third-order valence-corrected chi connectivity index (χ3v) is 1.31. The van der Waals surface area contributed by atoms with Gasteiger partial charge in [-0.2, -0.15) is 0 Å². The van der Waals surface area contributed by atoms with E-state index in [1.165, 1.54) is 5.56 Å². The molecule has 0 amide bonds. The van der Waals surface area contributed by atoms with Gasteiger partial charge in [0.05, 0.1) is 0 Å². The fraction of sp³-hybridized carbons (Fsp3) is 0.143. The topological polar surface area (TPSA) is 0 Å².